The maximum Gasteiger partial charge on any atom is 0.261 e. The van der Waals surface area contributed by atoms with Crippen LogP contribution in [0.5, 0.6) is 11.5 Å². The molecule has 0 N–H and O–H groups in total. The molecule has 0 fully saturated rings. The number of aryl methyl sites for hydroxylation is 2. The maximum atomic E-state index is 15.8. The molecule has 0 saturated carbocycles. The van der Waals surface area contributed by atoms with Crippen LogP contribution < -0.4 is 9.30 Å². The number of ether oxygens (including phenoxy) is 1. The van der Waals surface area contributed by atoms with Crippen molar-refractivity contribution in [2.24, 2.45) is 7.05 Å². The maximum absolute atomic E-state index is 15.8. The molecule has 0 aliphatic carbocycles. The third kappa shape index (κ3) is 2.11. The Kier molecular flexibility index (Phi) is 3.13. The highest BCUT2D eigenvalue weighted by atomic mass is 19.1. The molecule has 0 atom stereocenters. The van der Waals surface area contributed by atoms with Crippen LogP contribution in [0.4, 0.5) is 4.39 Å². The van der Waals surface area contributed by atoms with Crippen molar-refractivity contribution in [3.8, 4) is 34.2 Å². The largest absolute Gasteiger partial charge is 0.456 e. The number of hydrogen-bond donors (Lipinski definition) is 0. The number of hydrogen-bond acceptors (Lipinski definition) is 4. The van der Waals surface area contributed by atoms with Gasteiger partial charge in [-0.05, 0) is 37.3 Å². The molecule has 6 rings (SSSR count). The van der Waals surface area contributed by atoms with E-state index in [2.05, 4.69) is 10.1 Å². The Morgan fingerprint density at radius 2 is 1.72 bits per heavy atom. The van der Waals surface area contributed by atoms with E-state index in [0.717, 1.165) is 38.9 Å². The van der Waals surface area contributed by atoms with Gasteiger partial charge in [0.15, 0.2) is 5.82 Å². The summed E-state index contributed by atoms with van der Waals surface area (Å²) in [7, 11) is 1.88. The molecule has 0 saturated heterocycles. The number of para-hydroxylation sites is 1. The van der Waals surface area contributed by atoms with Crippen molar-refractivity contribution < 1.29 is 18.2 Å². The first kappa shape index (κ1) is 16.2. The van der Waals surface area contributed by atoms with Crippen molar-refractivity contribution in [1.29, 1.82) is 0 Å². The number of halogens is 1. The number of nitrogens with zero attached hydrogens (tertiary/aromatic N) is 3. The summed E-state index contributed by atoms with van der Waals surface area (Å²) in [6, 6.07) is 17.3. The Hall–Kier alpha value is -3.80. The fourth-order valence-electron chi connectivity index (χ4n) is 4.23. The average Bonchev–Trinajstić information content (AvgIpc) is 3.16. The van der Waals surface area contributed by atoms with E-state index in [9.17, 15) is 0 Å². The minimum atomic E-state index is -0.388. The molecule has 0 spiro atoms. The zero-order chi connectivity index (χ0) is 19.7. The molecule has 140 valence electrons. The highest BCUT2D eigenvalue weighted by Gasteiger charge is 2.32. The van der Waals surface area contributed by atoms with E-state index in [1.165, 1.54) is 0 Å². The van der Waals surface area contributed by atoms with E-state index >= 15 is 4.39 Å². The topological polar surface area (TPSA) is 52.0 Å². The van der Waals surface area contributed by atoms with Crippen LogP contribution in [0.25, 0.3) is 44.4 Å². The molecule has 3 heterocycles. The minimum absolute atomic E-state index is 0.174. The standard InChI is InChI=1S/C23H15FN3O2/c1-12-25-23(29-26-12)16-11-10-14-13-7-5-9-18-19(13)21(27(2)22(14)20(16)24)15-6-3-4-8-17(15)28-18/h3-11H,1-2H3/q+1. The lowest BCUT2D eigenvalue weighted by Gasteiger charge is -2.20. The van der Waals surface area contributed by atoms with Crippen LogP contribution in [0.2, 0.25) is 0 Å². The van der Waals surface area contributed by atoms with E-state index in [-0.39, 0.29) is 17.3 Å². The SMILES string of the molecule is Cc1noc(-c2ccc3c4cccc5c4c([n+](C)c3c2F)-c2ccccc2O5)n1. The Balaban J connectivity index is 1.81. The summed E-state index contributed by atoms with van der Waals surface area (Å²) < 4.78 is 29.0. The van der Waals surface area contributed by atoms with Gasteiger partial charge in [-0.3, -0.25) is 0 Å². The van der Waals surface area contributed by atoms with E-state index in [0.29, 0.717) is 11.3 Å². The summed E-state index contributed by atoms with van der Waals surface area (Å²) in [5, 5.41) is 6.51. The van der Waals surface area contributed by atoms with Gasteiger partial charge in [0.2, 0.25) is 17.0 Å². The van der Waals surface area contributed by atoms with Crippen molar-refractivity contribution in [2.45, 2.75) is 6.92 Å². The predicted octanol–water partition coefficient (Wildman–Crippen LogP) is 5.09. The van der Waals surface area contributed by atoms with Gasteiger partial charge >= 0.3 is 0 Å². The van der Waals surface area contributed by atoms with Crippen LogP contribution in [0.1, 0.15) is 5.82 Å². The summed E-state index contributed by atoms with van der Waals surface area (Å²) in [5.41, 5.74) is 2.62. The lowest BCUT2D eigenvalue weighted by molar-refractivity contribution is -0.633. The molecule has 5 aromatic rings. The summed E-state index contributed by atoms with van der Waals surface area (Å²) in [6.45, 7) is 1.71. The Morgan fingerprint density at radius 1 is 0.897 bits per heavy atom. The number of pyridine rings is 1. The smallest absolute Gasteiger partial charge is 0.261 e. The second-order valence-corrected chi connectivity index (χ2v) is 7.15. The quantitative estimate of drug-likeness (QED) is 0.293. The number of fused-ring (bicyclic) bond motifs is 4. The monoisotopic (exact) mass is 384 g/mol. The van der Waals surface area contributed by atoms with E-state index < -0.39 is 0 Å². The number of rotatable bonds is 1. The molecule has 0 amide bonds. The van der Waals surface area contributed by atoms with Gasteiger partial charge in [-0.1, -0.05) is 29.4 Å². The highest BCUT2D eigenvalue weighted by molar-refractivity contribution is 6.13. The Labute approximate surface area is 165 Å². The highest BCUT2D eigenvalue weighted by Crippen LogP contribution is 2.46. The van der Waals surface area contributed by atoms with Crippen LogP contribution in [0.15, 0.2) is 59.1 Å². The van der Waals surface area contributed by atoms with E-state index in [4.69, 9.17) is 9.26 Å². The van der Waals surface area contributed by atoms with Gasteiger partial charge in [-0.15, -0.1) is 0 Å². The number of aromatic nitrogens is 3. The lowest BCUT2D eigenvalue weighted by atomic mass is 9.95. The van der Waals surface area contributed by atoms with Crippen molar-refractivity contribution in [1.82, 2.24) is 10.1 Å². The summed E-state index contributed by atoms with van der Waals surface area (Å²) in [6.07, 6.45) is 0. The fourth-order valence-corrected chi connectivity index (χ4v) is 4.23. The normalized spacial score (nSPS) is 12.2. The van der Waals surface area contributed by atoms with Crippen molar-refractivity contribution in [3.05, 3.63) is 66.2 Å². The molecular weight excluding hydrogens is 369 g/mol. The molecule has 5 nitrogen and oxygen atoms in total. The fraction of sp³-hybridized carbons (Fsp3) is 0.0870. The van der Waals surface area contributed by atoms with E-state index in [1.807, 2.05) is 60.1 Å². The van der Waals surface area contributed by atoms with Crippen LogP contribution in [-0.4, -0.2) is 10.1 Å². The van der Waals surface area contributed by atoms with Gasteiger partial charge in [-0.2, -0.15) is 13.9 Å². The molecular formula is C23H15FN3O2+. The molecule has 1 aliphatic rings. The Morgan fingerprint density at radius 3 is 2.55 bits per heavy atom. The Bertz CT molecular complexity index is 1470. The first-order chi connectivity index (χ1) is 14.1. The zero-order valence-corrected chi connectivity index (χ0v) is 15.7. The molecule has 29 heavy (non-hydrogen) atoms. The zero-order valence-electron chi connectivity index (χ0n) is 15.7. The molecule has 6 heteroatoms. The predicted molar refractivity (Wildman–Crippen MR) is 106 cm³/mol. The van der Waals surface area contributed by atoms with Crippen LogP contribution in [0.3, 0.4) is 0 Å². The van der Waals surface area contributed by atoms with Crippen molar-refractivity contribution >= 4 is 21.7 Å². The van der Waals surface area contributed by atoms with Crippen molar-refractivity contribution in [2.75, 3.05) is 0 Å². The molecule has 0 unspecified atom stereocenters. The van der Waals surface area contributed by atoms with Gasteiger partial charge < -0.3 is 9.26 Å². The average molecular weight is 384 g/mol. The summed E-state index contributed by atoms with van der Waals surface area (Å²) in [4.78, 5) is 4.20. The van der Waals surface area contributed by atoms with Gasteiger partial charge in [0, 0.05) is 5.39 Å². The van der Waals surface area contributed by atoms with Gasteiger partial charge in [0.1, 0.15) is 18.5 Å². The van der Waals surface area contributed by atoms with Gasteiger partial charge in [-0.25, -0.2) is 0 Å². The van der Waals surface area contributed by atoms with Crippen LogP contribution >= 0.6 is 0 Å². The molecule has 1 aliphatic heterocycles. The van der Waals surface area contributed by atoms with Crippen LogP contribution in [-0.2, 0) is 7.05 Å². The molecule has 0 bridgehead atoms. The third-order valence-electron chi connectivity index (χ3n) is 5.46. The summed E-state index contributed by atoms with van der Waals surface area (Å²) in [5.74, 6) is 1.78. The molecule has 3 aromatic carbocycles. The van der Waals surface area contributed by atoms with Gasteiger partial charge in [0.25, 0.3) is 5.89 Å². The molecule has 0 radical (unpaired) electrons. The lowest BCUT2D eigenvalue weighted by Crippen LogP contribution is -2.34. The summed E-state index contributed by atoms with van der Waals surface area (Å²) >= 11 is 0. The second-order valence-electron chi connectivity index (χ2n) is 7.15. The van der Waals surface area contributed by atoms with Crippen molar-refractivity contribution in [3.63, 3.8) is 0 Å². The van der Waals surface area contributed by atoms with Crippen LogP contribution in [0, 0.1) is 12.7 Å². The van der Waals surface area contributed by atoms with Gasteiger partial charge in [0.05, 0.1) is 21.9 Å². The second kappa shape index (κ2) is 5.61. The molecule has 2 aromatic heterocycles. The minimum Gasteiger partial charge on any atom is -0.456 e. The third-order valence-corrected chi connectivity index (χ3v) is 5.46. The number of benzene rings is 3. The van der Waals surface area contributed by atoms with E-state index in [1.54, 1.807) is 13.0 Å². The first-order valence-corrected chi connectivity index (χ1v) is 9.28. The first-order valence-electron chi connectivity index (χ1n) is 9.28.